The maximum absolute atomic E-state index is 11.4. The Hall–Kier alpha value is -1.89. The normalized spacial score (nSPS) is 11.3. The zero-order valence-electron chi connectivity index (χ0n) is 12.6. The summed E-state index contributed by atoms with van der Waals surface area (Å²) in [5, 5.41) is 0.786. The minimum Gasteiger partial charge on any atom is -0.474 e. The minimum absolute atomic E-state index is 0.0778. The monoisotopic (exact) mass is 368 g/mol. The third kappa shape index (κ3) is 4.84. The van der Waals surface area contributed by atoms with Gasteiger partial charge < -0.3 is 14.2 Å². The van der Waals surface area contributed by atoms with Crippen molar-refractivity contribution in [2.24, 2.45) is 0 Å². The predicted octanol–water partition coefficient (Wildman–Crippen LogP) is 3.72. The lowest BCUT2D eigenvalue weighted by atomic mass is 10.2. The molecular weight excluding hydrogens is 352 g/mol. The van der Waals surface area contributed by atoms with Crippen LogP contribution in [0.25, 0.3) is 10.9 Å². The Morgan fingerprint density at radius 1 is 1.23 bits per heavy atom. The van der Waals surface area contributed by atoms with Gasteiger partial charge in [0.25, 0.3) is 0 Å². The molecule has 0 aliphatic carbocycles. The molecule has 0 atom stereocenters. The average Bonchev–Trinajstić information content (AvgIpc) is 2.42. The molecule has 0 amide bonds. The molecule has 1 aromatic carbocycles. The van der Waals surface area contributed by atoms with E-state index in [4.69, 9.17) is 14.2 Å². The highest BCUT2D eigenvalue weighted by atomic mass is 79.9. The fourth-order valence-corrected chi connectivity index (χ4v) is 2.02. The molecule has 0 radical (unpaired) electrons. The van der Waals surface area contributed by atoms with Gasteiger partial charge >= 0.3 is 6.16 Å². The van der Waals surface area contributed by atoms with Crippen LogP contribution < -0.4 is 4.74 Å². The summed E-state index contributed by atoms with van der Waals surface area (Å²) in [4.78, 5) is 19.7. The Labute approximate surface area is 136 Å². The maximum Gasteiger partial charge on any atom is 0.508 e. The zero-order valence-corrected chi connectivity index (χ0v) is 14.2. The smallest absolute Gasteiger partial charge is 0.474 e. The first kappa shape index (κ1) is 16.5. The fraction of sp³-hybridized carbons (Fsp3) is 0.400. The number of benzene rings is 1. The van der Waals surface area contributed by atoms with Crippen molar-refractivity contribution in [2.45, 2.75) is 26.4 Å². The summed E-state index contributed by atoms with van der Waals surface area (Å²) in [5.41, 5.74) is 0.203. The number of hydrogen-bond acceptors (Lipinski definition) is 6. The van der Waals surface area contributed by atoms with Gasteiger partial charge in [-0.05, 0) is 39.0 Å². The van der Waals surface area contributed by atoms with Crippen LogP contribution in [0.15, 0.2) is 29.0 Å². The first-order chi connectivity index (χ1) is 10.3. The van der Waals surface area contributed by atoms with E-state index >= 15 is 0 Å². The molecule has 7 heteroatoms. The molecule has 0 saturated heterocycles. The number of nitrogens with zero attached hydrogens (tertiary/aromatic N) is 2. The first-order valence-electron chi connectivity index (χ1n) is 6.74. The van der Waals surface area contributed by atoms with Crippen molar-refractivity contribution in [1.29, 1.82) is 0 Å². The number of halogens is 1. The zero-order chi connectivity index (χ0) is 16.2. The predicted molar refractivity (Wildman–Crippen MR) is 84.9 cm³/mol. The highest BCUT2D eigenvalue weighted by molar-refractivity contribution is 9.10. The second-order valence-corrected chi connectivity index (χ2v) is 6.42. The Morgan fingerprint density at radius 3 is 2.73 bits per heavy atom. The molecule has 22 heavy (non-hydrogen) atoms. The van der Waals surface area contributed by atoms with Crippen LogP contribution in [0.5, 0.6) is 5.88 Å². The molecular formula is C15H17BrN2O4. The van der Waals surface area contributed by atoms with E-state index in [9.17, 15) is 4.79 Å². The number of carbonyl (C=O) groups is 1. The summed E-state index contributed by atoms with van der Waals surface area (Å²) in [6, 6.07) is 5.63. The van der Waals surface area contributed by atoms with Crippen molar-refractivity contribution in [3.8, 4) is 5.88 Å². The van der Waals surface area contributed by atoms with E-state index in [1.54, 1.807) is 20.8 Å². The van der Waals surface area contributed by atoms with E-state index < -0.39 is 11.8 Å². The van der Waals surface area contributed by atoms with Gasteiger partial charge in [-0.25, -0.2) is 14.8 Å². The number of hydrogen-bond donors (Lipinski definition) is 0. The molecule has 0 saturated carbocycles. The van der Waals surface area contributed by atoms with E-state index in [1.807, 2.05) is 18.2 Å². The van der Waals surface area contributed by atoms with Crippen LogP contribution in [0.1, 0.15) is 20.8 Å². The quantitative estimate of drug-likeness (QED) is 0.604. The van der Waals surface area contributed by atoms with Crippen molar-refractivity contribution in [3.63, 3.8) is 0 Å². The molecule has 0 aliphatic rings. The molecule has 0 bridgehead atoms. The SMILES string of the molecule is CC(C)(C)OC(=O)OCCOc1ncnc2ccc(Br)cc12. The van der Waals surface area contributed by atoms with Gasteiger partial charge in [-0.3, -0.25) is 0 Å². The van der Waals surface area contributed by atoms with Gasteiger partial charge in [-0.2, -0.15) is 0 Å². The lowest BCUT2D eigenvalue weighted by Gasteiger charge is -2.18. The van der Waals surface area contributed by atoms with Crippen molar-refractivity contribution in [1.82, 2.24) is 9.97 Å². The Bertz CT molecular complexity index is 670. The third-order valence-electron chi connectivity index (χ3n) is 2.49. The summed E-state index contributed by atoms with van der Waals surface area (Å²) in [5.74, 6) is 0.444. The average molecular weight is 369 g/mol. The Morgan fingerprint density at radius 2 is 2.00 bits per heavy atom. The van der Waals surface area contributed by atoms with Gasteiger partial charge in [0.1, 0.15) is 25.1 Å². The molecule has 0 spiro atoms. The van der Waals surface area contributed by atoms with Crippen molar-refractivity contribution < 1.29 is 19.0 Å². The van der Waals surface area contributed by atoms with Gasteiger partial charge in [-0.15, -0.1) is 0 Å². The van der Waals surface area contributed by atoms with Crippen molar-refractivity contribution >= 4 is 33.0 Å². The minimum atomic E-state index is -0.716. The molecule has 118 valence electrons. The highest BCUT2D eigenvalue weighted by Gasteiger charge is 2.17. The molecule has 1 aromatic heterocycles. The highest BCUT2D eigenvalue weighted by Crippen LogP contribution is 2.24. The molecule has 2 rings (SSSR count). The number of aromatic nitrogens is 2. The molecule has 0 fully saturated rings. The van der Waals surface area contributed by atoms with Crippen LogP contribution in [-0.2, 0) is 9.47 Å². The Kier molecular flexibility index (Phi) is 5.18. The molecule has 0 N–H and O–H groups in total. The number of rotatable bonds is 4. The van der Waals surface area contributed by atoms with Crippen LogP contribution >= 0.6 is 15.9 Å². The number of ether oxygens (including phenoxy) is 3. The lowest BCUT2D eigenvalue weighted by molar-refractivity contribution is -0.0114. The lowest BCUT2D eigenvalue weighted by Crippen LogP contribution is -2.25. The summed E-state index contributed by atoms with van der Waals surface area (Å²) in [6.45, 7) is 5.58. The topological polar surface area (TPSA) is 70.5 Å². The second kappa shape index (κ2) is 6.91. The standard InChI is InChI=1S/C15H17BrN2O4/c1-15(2,3)22-14(19)21-7-6-20-13-11-8-10(16)4-5-12(11)17-9-18-13/h4-5,8-9H,6-7H2,1-3H3. The first-order valence-corrected chi connectivity index (χ1v) is 7.53. The van der Waals surface area contributed by atoms with E-state index in [0.717, 1.165) is 15.4 Å². The molecule has 0 unspecified atom stereocenters. The van der Waals surface area contributed by atoms with Crippen LogP contribution in [0, 0.1) is 0 Å². The summed E-state index contributed by atoms with van der Waals surface area (Å²) < 4.78 is 16.4. The van der Waals surface area contributed by atoms with Crippen LogP contribution in [-0.4, -0.2) is 34.9 Å². The van der Waals surface area contributed by atoms with Gasteiger partial charge in [-0.1, -0.05) is 15.9 Å². The van der Waals surface area contributed by atoms with Crippen LogP contribution in [0.3, 0.4) is 0 Å². The molecule has 2 aromatic rings. The molecule has 1 heterocycles. The van der Waals surface area contributed by atoms with E-state index in [2.05, 4.69) is 25.9 Å². The van der Waals surface area contributed by atoms with Crippen molar-refractivity contribution in [3.05, 3.63) is 29.0 Å². The van der Waals surface area contributed by atoms with Crippen molar-refractivity contribution in [2.75, 3.05) is 13.2 Å². The summed E-state index contributed by atoms with van der Waals surface area (Å²) in [6.07, 6.45) is 0.715. The van der Waals surface area contributed by atoms with E-state index in [-0.39, 0.29) is 13.2 Å². The third-order valence-corrected chi connectivity index (χ3v) is 2.99. The van der Waals surface area contributed by atoms with Crippen LogP contribution in [0.4, 0.5) is 4.79 Å². The summed E-state index contributed by atoms with van der Waals surface area (Å²) in [7, 11) is 0. The van der Waals surface area contributed by atoms with Gasteiger partial charge in [0.15, 0.2) is 0 Å². The maximum atomic E-state index is 11.4. The molecule has 0 aliphatic heterocycles. The largest absolute Gasteiger partial charge is 0.508 e. The molecule has 6 nitrogen and oxygen atoms in total. The fourth-order valence-electron chi connectivity index (χ4n) is 1.66. The summed E-state index contributed by atoms with van der Waals surface area (Å²) >= 11 is 3.40. The van der Waals surface area contributed by atoms with Gasteiger partial charge in [0.2, 0.25) is 5.88 Å². The van der Waals surface area contributed by atoms with Gasteiger partial charge in [0, 0.05) is 4.47 Å². The number of fused-ring (bicyclic) bond motifs is 1. The Balaban J connectivity index is 1.90. The van der Waals surface area contributed by atoms with E-state index in [0.29, 0.717) is 5.88 Å². The number of carbonyl (C=O) groups excluding carboxylic acids is 1. The van der Waals surface area contributed by atoms with Crippen LogP contribution in [0.2, 0.25) is 0 Å². The van der Waals surface area contributed by atoms with E-state index in [1.165, 1.54) is 6.33 Å². The second-order valence-electron chi connectivity index (χ2n) is 5.50. The van der Waals surface area contributed by atoms with Gasteiger partial charge in [0.05, 0.1) is 10.9 Å².